The molecule has 0 unspecified atom stereocenters. The van der Waals surface area contributed by atoms with Gasteiger partial charge in [0.25, 0.3) is 0 Å². The Morgan fingerprint density at radius 2 is 2.20 bits per heavy atom. The van der Waals surface area contributed by atoms with Crippen molar-refractivity contribution >= 4 is 54.8 Å². The Morgan fingerprint density at radius 1 is 1.55 bits per heavy atom. The Labute approximate surface area is 137 Å². The van der Waals surface area contributed by atoms with Crippen molar-refractivity contribution in [2.45, 2.75) is 5.75 Å². The highest BCUT2D eigenvalue weighted by molar-refractivity contribution is 9.10. The third-order valence-electron chi connectivity index (χ3n) is 2.43. The van der Waals surface area contributed by atoms with Gasteiger partial charge in [-0.05, 0) is 27.6 Å². The molecule has 2 N–H and O–H groups in total. The van der Waals surface area contributed by atoms with Gasteiger partial charge in [0.2, 0.25) is 10.0 Å². The van der Waals surface area contributed by atoms with Crippen LogP contribution >= 0.6 is 39.7 Å². The van der Waals surface area contributed by atoms with E-state index in [1.54, 1.807) is 18.2 Å². The minimum Gasteiger partial charge on any atom is -0.392 e. The van der Waals surface area contributed by atoms with Crippen molar-refractivity contribution in [1.82, 2.24) is 4.31 Å². The number of sulfonamides is 1. The molecule has 110 valence electrons. The Kier molecular flexibility index (Phi) is 6.60. The van der Waals surface area contributed by atoms with Crippen LogP contribution in [0.1, 0.15) is 5.56 Å². The van der Waals surface area contributed by atoms with Gasteiger partial charge in [-0.3, -0.25) is 0 Å². The number of hydrogen-bond acceptors (Lipinski definition) is 3. The summed E-state index contributed by atoms with van der Waals surface area (Å²) in [7, 11) is -3.58. The molecule has 0 aliphatic rings. The van der Waals surface area contributed by atoms with Gasteiger partial charge in [-0.1, -0.05) is 42.0 Å². The first-order valence-electron chi connectivity index (χ1n) is 5.58. The molecule has 0 heterocycles. The molecule has 4 nitrogen and oxygen atoms in total. The van der Waals surface area contributed by atoms with Crippen LogP contribution in [0, 0.1) is 0 Å². The van der Waals surface area contributed by atoms with Crippen LogP contribution in [0.4, 0.5) is 0 Å². The van der Waals surface area contributed by atoms with Gasteiger partial charge in [-0.2, -0.15) is 4.31 Å². The Hall–Kier alpha value is -0.470. The first kappa shape index (κ1) is 17.6. The predicted molar refractivity (Wildman–Crippen MR) is 90.3 cm³/mol. The van der Waals surface area contributed by atoms with E-state index in [1.807, 2.05) is 0 Å². The van der Waals surface area contributed by atoms with E-state index in [9.17, 15) is 8.42 Å². The van der Waals surface area contributed by atoms with Gasteiger partial charge in [0.05, 0.1) is 22.3 Å². The topological polar surface area (TPSA) is 63.4 Å². The zero-order chi connectivity index (χ0) is 15.3. The highest BCUT2D eigenvalue weighted by atomic mass is 79.9. The molecular formula is C12H14BrClN2O2S2. The number of benzene rings is 1. The van der Waals surface area contributed by atoms with Crippen LogP contribution in [-0.2, 0) is 15.8 Å². The van der Waals surface area contributed by atoms with Crippen LogP contribution < -0.4 is 5.73 Å². The molecule has 0 saturated heterocycles. The zero-order valence-electron chi connectivity index (χ0n) is 10.6. The Morgan fingerprint density at radius 3 is 2.75 bits per heavy atom. The standard InChI is InChI=1S/C12H14BrClN2O2S2/c1-2-6-16(7-11(15)19)20(17,18)8-9-4-3-5-10(13)12(9)14/h2-5H,1,6-8H2,(H2,15,19). The van der Waals surface area contributed by atoms with E-state index in [1.165, 1.54) is 10.4 Å². The molecule has 0 aliphatic heterocycles. The Balaban J connectivity index is 3.05. The van der Waals surface area contributed by atoms with Crippen molar-refractivity contribution in [3.63, 3.8) is 0 Å². The van der Waals surface area contributed by atoms with E-state index < -0.39 is 10.0 Å². The quantitative estimate of drug-likeness (QED) is 0.567. The lowest BCUT2D eigenvalue weighted by Crippen LogP contribution is -2.38. The summed E-state index contributed by atoms with van der Waals surface area (Å²) in [6, 6.07) is 5.14. The van der Waals surface area contributed by atoms with Crippen molar-refractivity contribution in [3.05, 3.63) is 45.9 Å². The maximum Gasteiger partial charge on any atom is 0.219 e. The summed E-state index contributed by atoms with van der Waals surface area (Å²) < 4.78 is 26.6. The monoisotopic (exact) mass is 396 g/mol. The third kappa shape index (κ3) is 4.82. The van der Waals surface area contributed by atoms with Gasteiger partial charge >= 0.3 is 0 Å². The number of nitrogens with two attached hydrogens (primary N) is 1. The third-order valence-corrected chi connectivity index (χ3v) is 5.63. The SMILES string of the molecule is C=CCN(CC(N)=S)S(=O)(=O)Cc1cccc(Br)c1Cl. The van der Waals surface area contributed by atoms with Crippen molar-refractivity contribution in [3.8, 4) is 0 Å². The molecule has 1 aromatic rings. The Bertz CT molecular complexity index is 620. The highest BCUT2D eigenvalue weighted by Crippen LogP contribution is 2.27. The van der Waals surface area contributed by atoms with Crippen LogP contribution in [-0.4, -0.2) is 30.8 Å². The van der Waals surface area contributed by atoms with Gasteiger partial charge in [0.1, 0.15) is 0 Å². The average molecular weight is 398 g/mol. The summed E-state index contributed by atoms with van der Waals surface area (Å²) in [6.45, 7) is 3.66. The number of nitrogens with zero attached hydrogens (tertiary/aromatic N) is 1. The summed E-state index contributed by atoms with van der Waals surface area (Å²) in [4.78, 5) is 0.107. The molecular weight excluding hydrogens is 384 g/mol. The first-order chi connectivity index (χ1) is 9.27. The highest BCUT2D eigenvalue weighted by Gasteiger charge is 2.23. The minimum absolute atomic E-state index is 0.0185. The molecule has 0 amide bonds. The van der Waals surface area contributed by atoms with Gasteiger partial charge < -0.3 is 5.73 Å². The molecule has 0 atom stereocenters. The molecule has 0 aliphatic carbocycles. The smallest absolute Gasteiger partial charge is 0.219 e. The van der Waals surface area contributed by atoms with Gasteiger partial charge in [0.15, 0.2) is 0 Å². The maximum atomic E-state index is 12.4. The number of halogens is 2. The van der Waals surface area contributed by atoms with Crippen LogP contribution in [0.3, 0.4) is 0 Å². The van der Waals surface area contributed by atoms with E-state index in [0.717, 1.165) is 0 Å². The van der Waals surface area contributed by atoms with Gasteiger partial charge in [-0.25, -0.2) is 8.42 Å². The normalized spacial score (nSPS) is 11.6. The average Bonchev–Trinajstić information content (AvgIpc) is 2.34. The number of thiocarbonyl (C=S) groups is 1. The largest absolute Gasteiger partial charge is 0.392 e. The van der Waals surface area contributed by atoms with E-state index in [4.69, 9.17) is 29.6 Å². The van der Waals surface area contributed by atoms with Crippen molar-refractivity contribution in [2.24, 2.45) is 5.73 Å². The summed E-state index contributed by atoms with van der Waals surface area (Å²) in [6.07, 6.45) is 1.48. The fraction of sp³-hybridized carbons (Fsp3) is 0.250. The first-order valence-corrected chi connectivity index (χ1v) is 8.76. The zero-order valence-corrected chi connectivity index (χ0v) is 14.5. The van der Waals surface area contributed by atoms with E-state index >= 15 is 0 Å². The fourth-order valence-corrected chi connectivity index (χ4v) is 3.94. The van der Waals surface area contributed by atoms with Crippen molar-refractivity contribution in [2.75, 3.05) is 13.1 Å². The van der Waals surface area contributed by atoms with Crippen molar-refractivity contribution in [1.29, 1.82) is 0 Å². The molecule has 0 bridgehead atoms. The molecule has 0 fully saturated rings. The molecule has 0 saturated carbocycles. The van der Waals surface area contributed by atoms with E-state index in [0.29, 0.717) is 15.1 Å². The summed E-state index contributed by atoms with van der Waals surface area (Å²) in [5.41, 5.74) is 5.94. The van der Waals surface area contributed by atoms with Gasteiger partial charge in [0, 0.05) is 11.0 Å². The lowest BCUT2D eigenvalue weighted by Gasteiger charge is -2.20. The second-order valence-electron chi connectivity index (χ2n) is 4.02. The lowest BCUT2D eigenvalue weighted by atomic mass is 10.2. The van der Waals surface area contributed by atoms with E-state index in [2.05, 4.69) is 22.5 Å². The van der Waals surface area contributed by atoms with Crippen LogP contribution in [0.5, 0.6) is 0 Å². The molecule has 0 aromatic heterocycles. The predicted octanol–water partition coefficient (Wildman–Crippen LogP) is 2.71. The van der Waals surface area contributed by atoms with Gasteiger partial charge in [-0.15, -0.1) is 6.58 Å². The number of hydrogen-bond donors (Lipinski definition) is 1. The number of rotatable bonds is 7. The minimum atomic E-state index is -3.58. The van der Waals surface area contributed by atoms with Crippen LogP contribution in [0.2, 0.25) is 5.02 Å². The lowest BCUT2D eigenvalue weighted by molar-refractivity contribution is 0.481. The summed E-state index contributed by atoms with van der Waals surface area (Å²) in [5.74, 6) is -0.221. The van der Waals surface area contributed by atoms with E-state index in [-0.39, 0.29) is 23.8 Å². The molecule has 1 aromatic carbocycles. The molecule has 8 heteroatoms. The maximum absolute atomic E-state index is 12.4. The summed E-state index contributed by atoms with van der Waals surface area (Å²) >= 11 is 14.1. The molecule has 0 radical (unpaired) electrons. The molecule has 20 heavy (non-hydrogen) atoms. The second kappa shape index (κ2) is 7.51. The van der Waals surface area contributed by atoms with Crippen LogP contribution in [0.15, 0.2) is 35.3 Å². The van der Waals surface area contributed by atoms with Crippen LogP contribution in [0.25, 0.3) is 0 Å². The summed E-state index contributed by atoms with van der Waals surface area (Å²) in [5, 5.41) is 0.380. The fourth-order valence-electron chi connectivity index (χ4n) is 1.54. The molecule has 1 rings (SSSR count). The molecule has 0 spiro atoms. The second-order valence-corrected chi connectivity index (χ2v) is 7.74. The van der Waals surface area contributed by atoms with Crippen molar-refractivity contribution < 1.29 is 8.42 Å².